The Hall–Kier alpha value is -0.570. The molecule has 0 bridgehead atoms. The smallest absolute Gasteiger partial charge is 0.222 e. The molecule has 0 radical (unpaired) electrons. The van der Waals surface area contributed by atoms with E-state index in [0.717, 1.165) is 13.1 Å². The van der Waals surface area contributed by atoms with E-state index in [1.807, 2.05) is 13.8 Å². The Balaban J connectivity index is 3.57. The Labute approximate surface area is 100 Å². The summed E-state index contributed by atoms with van der Waals surface area (Å²) in [4.78, 5) is 11.3. The monoisotopic (exact) mass is 228 g/mol. The molecule has 96 valence electrons. The van der Waals surface area contributed by atoms with Crippen LogP contribution in [0.2, 0.25) is 0 Å². The molecule has 0 aliphatic heterocycles. The van der Waals surface area contributed by atoms with E-state index < -0.39 is 0 Å². The van der Waals surface area contributed by atoms with Crippen molar-refractivity contribution in [3.05, 3.63) is 0 Å². The van der Waals surface area contributed by atoms with E-state index in [1.54, 1.807) is 0 Å². The Morgan fingerprint density at radius 1 is 1.06 bits per heavy atom. The van der Waals surface area contributed by atoms with E-state index in [-0.39, 0.29) is 11.8 Å². The molecule has 3 heteroatoms. The summed E-state index contributed by atoms with van der Waals surface area (Å²) in [7, 11) is 0. The highest BCUT2D eigenvalue weighted by atomic mass is 16.1. The van der Waals surface area contributed by atoms with Crippen LogP contribution in [0, 0.1) is 5.92 Å². The Bertz CT molecular complexity index is 175. The van der Waals surface area contributed by atoms with Gasteiger partial charge in [0.05, 0.1) is 0 Å². The second-order valence-electron chi connectivity index (χ2n) is 4.67. The molecule has 0 saturated heterocycles. The van der Waals surface area contributed by atoms with Crippen LogP contribution in [-0.2, 0) is 4.79 Å². The van der Waals surface area contributed by atoms with E-state index in [4.69, 9.17) is 0 Å². The van der Waals surface area contributed by atoms with Crippen LogP contribution in [0.5, 0.6) is 0 Å². The summed E-state index contributed by atoms with van der Waals surface area (Å²) in [6, 6.07) is 0.617. The van der Waals surface area contributed by atoms with Crippen LogP contribution in [0.1, 0.15) is 53.4 Å². The van der Waals surface area contributed by atoms with Gasteiger partial charge >= 0.3 is 0 Å². The maximum atomic E-state index is 11.3. The van der Waals surface area contributed by atoms with Gasteiger partial charge in [-0.1, -0.05) is 40.5 Å². The van der Waals surface area contributed by atoms with Gasteiger partial charge in [-0.3, -0.25) is 4.79 Å². The normalized spacial score (nSPS) is 11.1. The number of nitrogens with one attached hydrogen (secondary N) is 2. The first-order chi connectivity index (χ1) is 7.61. The zero-order valence-corrected chi connectivity index (χ0v) is 11.3. The van der Waals surface area contributed by atoms with Gasteiger partial charge < -0.3 is 10.6 Å². The van der Waals surface area contributed by atoms with Crippen LogP contribution in [0.15, 0.2) is 0 Å². The molecular weight excluding hydrogens is 200 g/mol. The highest BCUT2D eigenvalue weighted by Crippen LogP contribution is 2.03. The average molecular weight is 228 g/mol. The van der Waals surface area contributed by atoms with Gasteiger partial charge in [0.15, 0.2) is 0 Å². The largest absolute Gasteiger partial charge is 0.355 e. The maximum absolute atomic E-state index is 11.3. The third-order valence-electron chi connectivity index (χ3n) is 2.66. The molecule has 16 heavy (non-hydrogen) atoms. The summed E-state index contributed by atoms with van der Waals surface area (Å²) < 4.78 is 0. The molecule has 0 saturated carbocycles. The van der Waals surface area contributed by atoms with Gasteiger partial charge in [0.25, 0.3) is 0 Å². The van der Waals surface area contributed by atoms with Crippen LogP contribution < -0.4 is 10.6 Å². The minimum Gasteiger partial charge on any atom is -0.355 e. The third kappa shape index (κ3) is 7.69. The Kier molecular flexibility index (Phi) is 9.30. The first-order valence-electron chi connectivity index (χ1n) is 6.62. The lowest BCUT2D eigenvalue weighted by atomic mass is 10.1. The molecule has 2 N–H and O–H groups in total. The Morgan fingerprint density at radius 3 is 2.06 bits per heavy atom. The first-order valence-corrected chi connectivity index (χ1v) is 6.62. The molecule has 1 amide bonds. The van der Waals surface area contributed by atoms with Crippen molar-refractivity contribution in [1.29, 1.82) is 0 Å². The van der Waals surface area contributed by atoms with Crippen molar-refractivity contribution in [3.63, 3.8) is 0 Å². The van der Waals surface area contributed by atoms with Crippen LogP contribution in [0.3, 0.4) is 0 Å². The predicted octanol–water partition coefficient (Wildman–Crippen LogP) is 2.32. The van der Waals surface area contributed by atoms with Gasteiger partial charge in [-0.25, -0.2) is 0 Å². The fourth-order valence-electron chi connectivity index (χ4n) is 1.71. The van der Waals surface area contributed by atoms with Crippen molar-refractivity contribution >= 4 is 5.91 Å². The molecule has 0 atom stereocenters. The van der Waals surface area contributed by atoms with E-state index in [2.05, 4.69) is 24.5 Å². The van der Waals surface area contributed by atoms with E-state index in [0.29, 0.717) is 6.04 Å². The van der Waals surface area contributed by atoms with Crippen LogP contribution in [0.4, 0.5) is 0 Å². The summed E-state index contributed by atoms with van der Waals surface area (Å²) in [5.41, 5.74) is 0. The zero-order valence-electron chi connectivity index (χ0n) is 11.3. The molecule has 0 aromatic rings. The second kappa shape index (κ2) is 9.64. The standard InChI is InChI=1S/C13H28N2O/c1-5-7-12(8-6-2)14-9-10-15-13(16)11(3)4/h11-12,14H,5-10H2,1-4H3,(H,15,16). The third-order valence-corrected chi connectivity index (χ3v) is 2.66. The van der Waals surface area contributed by atoms with Crippen molar-refractivity contribution < 1.29 is 4.79 Å². The van der Waals surface area contributed by atoms with Crippen LogP contribution in [0.25, 0.3) is 0 Å². The lowest BCUT2D eigenvalue weighted by molar-refractivity contribution is -0.123. The SMILES string of the molecule is CCCC(CCC)NCCNC(=O)C(C)C. The van der Waals surface area contributed by atoms with Crippen molar-refractivity contribution in [2.75, 3.05) is 13.1 Å². The topological polar surface area (TPSA) is 41.1 Å². The minimum atomic E-state index is 0.0853. The quantitative estimate of drug-likeness (QED) is 0.595. The minimum absolute atomic E-state index is 0.0853. The molecule has 3 nitrogen and oxygen atoms in total. The average Bonchev–Trinajstić information content (AvgIpc) is 2.24. The first kappa shape index (κ1) is 15.4. The number of carbonyl (C=O) groups is 1. The van der Waals surface area contributed by atoms with E-state index in [9.17, 15) is 4.79 Å². The molecule has 0 aliphatic rings. The van der Waals surface area contributed by atoms with Gasteiger partial charge in [-0.05, 0) is 12.8 Å². The van der Waals surface area contributed by atoms with Crippen molar-refractivity contribution in [2.24, 2.45) is 5.92 Å². The molecule has 0 heterocycles. The van der Waals surface area contributed by atoms with Gasteiger partial charge in [0.2, 0.25) is 5.91 Å². The fourth-order valence-corrected chi connectivity index (χ4v) is 1.71. The molecule has 0 aromatic carbocycles. The molecule has 0 unspecified atom stereocenters. The number of amides is 1. The summed E-state index contributed by atoms with van der Waals surface area (Å²) in [6.07, 6.45) is 4.89. The lowest BCUT2D eigenvalue weighted by Crippen LogP contribution is -2.38. The molecule has 0 rings (SSSR count). The molecule has 0 fully saturated rings. The number of hydrogen-bond donors (Lipinski definition) is 2. The van der Waals surface area contributed by atoms with Gasteiger partial charge in [-0.15, -0.1) is 0 Å². The van der Waals surface area contributed by atoms with Crippen LogP contribution in [-0.4, -0.2) is 25.0 Å². The highest BCUT2D eigenvalue weighted by molar-refractivity contribution is 5.77. The van der Waals surface area contributed by atoms with Crippen molar-refractivity contribution in [1.82, 2.24) is 10.6 Å². The molecular formula is C13H28N2O. The van der Waals surface area contributed by atoms with Gasteiger partial charge in [0, 0.05) is 25.0 Å². The van der Waals surface area contributed by atoms with E-state index >= 15 is 0 Å². The number of hydrogen-bond acceptors (Lipinski definition) is 2. The summed E-state index contributed by atoms with van der Waals surface area (Å²) in [6.45, 7) is 9.87. The molecule has 0 aromatic heterocycles. The summed E-state index contributed by atoms with van der Waals surface area (Å²) in [5.74, 6) is 0.228. The van der Waals surface area contributed by atoms with Gasteiger partial charge in [0.1, 0.15) is 0 Å². The fraction of sp³-hybridized carbons (Fsp3) is 0.923. The van der Waals surface area contributed by atoms with Crippen molar-refractivity contribution in [2.45, 2.75) is 59.4 Å². The second-order valence-corrected chi connectivity index (χ2v) is 4.67. The highest BCUT2D eigenvalue weighted by Gasteiger charge is 2.07. The number of carbonyl (C=O) groups excluding carboxylic acids is 1. The predicted molar refractivity (Wildman–Crippen MR) is 69.5 cm³/mol. The maximum Gasteiger partial charge on any atom is 0.222 e. The lowest BCUT2D eigenvalue weighted by Gasteiger charge is -2.17. The molecule has 0 aliphatic carbocycles. The van der Waals surface area contributed by atoms with Gasteiger partial charge in [-0.2, -0.15) is 0 Å². The van der Waals surface area contributed by atoms with Crippen LogP contribution >= 0.6 is 0 Å². The zero-order chi connectivity index (χ0) is 12.4. The Morgan fingerprint density at radius 2 is 1.62 bits per heavy atom. The molecule has 0 spiro atoms. The van der Waals surface area contributed by atoms with Crippen molar-refractivity contribution in [3.8, 4) is 0 Å². The summed E-state index contributed by atoms with van der Waals surface area (Å²) >= 11 is 0. The summed E-state index contributed by atoms with van der Waals surface area (Å²) in [5, 5.41) is 6.42. The number of rotatable bonds is 9. The van der Waals surface area contributed by atoms with E-state index in [1.165, 1.54) is 25.7 Å².